The van der Waals surface area contributed by atoms with Gasteiger partial charge in [0.15, 0.2) is 11.6 Å². The van der Waals surface area contributed by atoms with E-state index in [1.54, 1.807) is 17.0 Å². The fourth-order valence-corrected chi connectivity index (χ4v) is 2.66. The number of aryl methyl sites for hydroxylation is 1. The summed E-state index contributed by atoms with van der Waals surface area (Å²) in [7, 11) is 0. The molecule has 132 valence electrons. The molecule has 2 aromatic carbocycles. The van der Waals surface area contributed by atoms with Gasteiger partial charge in [0.05, 0.1) is 13.2 Å². The molecule has 0 aromatic heterocycles. The second-order valence-corrected chi connectivity index (χ2v) is 6.00. The summed E-state index contributed by atoms with van der Waals surface area (Å²) in [5, 5.41) is 0. The highest BCUT2D eigenvalue weighted by molar-refractivity contribution is 5.94. The van der Waals surface area contributed by atoms with Gasteiger partial charge in [-0.1, -0.05) is 17.7 Å². The molecule has 1 aliphatic heterocycles. The molecule has 0 aliphatic carbocycles. The minimum atomic E-state index is -0.761. The second kappa shape index (κ2) is 7.61. The Morgan fingerprint density at radius 3 is 2.72 bits per heavy atom. The number of ether oxygens (including phenoxy) is 2. The third kappa shape index (κ3) is 4.33. The van der Waals surface area contributed by atoms with E-state index in [1.165, 1.54) is 6.07 Å². The second-order valence-electron chi connectivity index (χ2n) is 6.00. The first-order valence-corrected chi connectivity index (χ1v) is 8.08. The largest absolute Gasteiger partial charge is 0.488 e. The molecule has 3 rings (SSSR count). The van der Waals surface area contributed by atoms with Gasteiger partial charge in [-0.25, -0.2) is 8.78 Å². The topological polar surface area (TPSA) is 38.8 Å². The summed E-state index contributed by atoms with van der Waals surface area (Å²) in [6.45, 7) is 3.28. The Balaban J connectivity index is 1.59. The Kier molecular flexibility index (Phi) is 5.28. The van der Waals surface area contributed by atoms with E-state index in [-0.39, 0.29) is 24.4 Å². The SMILES string of the molecule is Cc1ccc(C(=O)N2CCOC(COc3ccc(F)cc3F)C2)cc1. The van der Waals surface area contributed by atoms with E-state index >= 15 is 0 Å². The van der Waals surface area contributed by atoms with Crippen molar-refractivity contribution in [3.05, 3.63) is 65.2 Å². The van der Waals surface area contributed by atoms with E-state index in [9.17, 15) is 13.6 Å². The monoisotopic (exact) mass is 347 g/mol. The van der Waals surface area contributed by atoms with Crippen molar-refractivity contribution in [1.82, 2.24) is 4.90 Å². The van der Waals surface area contributed by atoms with E-state index in [0.29, 0.717) is 25.3 Å². The van der Waals surface area contributed by atoms with Gasteiger partial charge in [-0.05, 0) is 31.2 Å². The molecule has 0 radical (unpaired) electrons. The maximum atomic E-state index is 13.6. The summed E-state index contributed by atoms with van der Waals surface area (Å²) in [5.41, 5.74) is 1.71. The molecule has 1 heterocycles. The van der Waals surface area contributed by atoms with Crippen molar-refractivity contribution in [1.29, 1.82) is 0 Å². The molecule has 25 heavy (non-hydrogen) atoms. The fourth-order valence-electron chi connectivity index (χ4n) is 2.66. The molecule has 1 saturated heterocycles. The summed E-state index contributed by atoms with van der Waals surface area (Å²) in [4.78, 5) is 14.2. The van der Waals surface area contributed by atoms with Crippen LogP contribution >= 0.6 is 0 Å². The number of amides is 1. The van der Waals surface area contributed by atoms with Crippen LogP contribution in [0, 0.1) is 18.6 Å². The van der Waals surface area contributed by atoms with Crippen molar-refractivity contribution in [2.75, 3.05) is 26.3 Å². The van der Waals surface area contributed by atoms with Gasteiger partial charge >= 0.3 is 0 Å². The smallest absolute Gasteiger partial charge is 0.254 e. The Labute approximate surface area is 145 Å². The molecule has 1 aliphatic rings. The standard InChI is InChI=1S/C19H19F2NO3/c1-13-2-4-14(5-3-13)19(23)22-8-9-24-16(11-22)12-25-18-7-6-15(20)10-17(18)21/h2-7,10,16H,8-9,11-12H2,1H3. The molecule has 0 bridgehead atoms. The highest BCUT2D eigenvalue weighted by Crippen LogP contribution is 2.19. The third-order valence-corrected chi connectivity index (χ3v) is 4.04. The van der Waals surface area contributed by atoms with Gasteiger partial charge in [-0.3, -0.25) is 4.79 Å². The Morgan fingerprint density at radius 1 is 1.24 bits per heavy atom. The molecule has 1 amide bonds. The normalized spacial score (nSPS) is 17.4. The minimum absolute atomic E-state index is 0.0352. The van der Waals surface area contributed by atoms with Gasteiger partial charge in [0.1, 0.15) is 18.5 Å². The lowest BCUT2D eigenvalue weighted by Gasteiger charge is -2.33. The molecule has 4 nitrogen and oxygen atoms in total. The molecule has 0 N–H and O–H groups in total. The Morgan fingerprint density at radius 2 is 2.00 bits per heavy atom. The van der Waals surface area contributed by atoms with Gasteiger partial charge < -0.3 is 14.4 Å². The van der Waals surface area contributed by atoms with Crippen LogP contribution in [0.25, 0.3) is 0 Å². The van der Waals surface area contributed by atoms with Gasteiger partial charge in [-0.15, -0.1) is 0 Å². The van der Waals surface area contributed by atoms with Crippen LogP contribution in [0.2, 0.25) is 0 Å². The molecule has 0 spiro atoms. The van der Waals surface area contributed by atoms with Gasteiger partial charge in [0.2, 0.25) is 0 Å². The average Bonchev–Trinajstić information content (AvgIpc) is 2.61. The van der Waals surface area contributed by atoms with Crippen LogP contribution < -0.4 is 4.74 Å². The molecule has 1 atom stereocenters. The van der Waals surface area contributed by atoms with Crippen LogP contribution in [-0.2, 0) is 4.74 Å². The molecular weight excluding hydrogens is 328 g/mol. The predicted molar refractivity (Wildman–Crippen MR) is 88.7 cm³/mol. The van der Waals surface area contributed by atoms with Gasteiger partial charge in [-0.2, -0.15) is 0 Å². The Bertz CT molecular complexity index is 749. The number of rotatable bonds is 4. The zero-order valence-electron chi connectivity index (χ0n) is 13.9. The number of carbonyl (C=O) groups excluding carboxylic acids is 1. The maximum absolute atomic E-state index is 13.6. The first kappa shape index (κ1) is 17.4. The number of hydrogen-bond acceptors (Lipinski definition) is 3. The van der Waals surface area contributed by atoms with Crippen LogP contribution in [0.3, 0.4) is 0 Å². The predicted octanol–water partition coefficient (Wildman–Crippen LogP) is 3.19. The minimum Gasteiger partial charge on any atom is -0.488 e. The zero-order chi connectivity index (χ0) is 17.8. The lowest BCUT2D eigenvalue weighted by Crippen LogP contribution is -2.47. The van der Waals surface area contributed by atoms with E-state index in [0.717, 1.165) is 17.7 Å². The van der Waals surface area contributed by atoms with Crippen molar-refractivity contribution in [2.45, 2.75) is 13.0 Å². The Hall–Kier alpha value is -2.47. The lowest BCUT2D eigenvalue weighted by molar-refractivity contribution is -0.0405. The number of halogens is 2. The fraction of sp³-hybridized carbons (Fsp3) is 0.316. The van der Waals surface area contributed by atoms with Crippen molar-refractivity contribution in [3.63, 3.8) is 0 Å². The molecule has 0 saturated carbocycles. The number of benzene rings is 2. The zero-order valence-corrected chi connectivity index (χ0v) is 13.9. The molecular formula is C19H19F2NO3. The summed E-state index contributed by atoms with van der Waals surface area (Å²) in [6.07, 6.45) is -0.368. The summed E-state index contributed by atoms with van der Waals surface area (Å²) < 4.78 is 37.5. The van der Waals surface area contributed by atoms with Crippen molar-refractivity contribution < 1.29 is 23.0 Å². The maximum Gasteiger partial charge on any atom is 0.254 e. The number of morpholine rings is 1. The molecule has 1 fully saturated rings. The van der Waals surface area contributed by atoms with Crippen LogP contribution in [0.5, 0.6) is 5.75 Å². The van der Waals surface area contributed by atoms with Crippen LogP contribution in [-0.4, -0.2) is 43.2 Å². The highest BCUT2D eigenvalue weighted by atomic mass is 19.1. The number of hydrogen-bond donors (Lipinski definition) is 0. The summed E-state index contributed by atoms with van der Waals surface area (Å²) in [6, 6.07) is 10.5. The van der Waals surface area contributed by atoms with Crippen LogP contribution in [0.4, 0.5) is 8.78 Å². The highest BCUT2D eigenvalue weighted by Gasteiger charge is 2.25. The van der Waals surface area contributed by atoms with E-state index in [4.69, 9.17) is 9.47 Å². The van der Waals surface area contributed by atoms with Crippen molar-refractivity contribution in [3.8, 4) is 5.75 Å². The van der Waals surface area contributed by atoms with E-state index in [1.807, 2.05) is 19.1 Å². The summed E-state index contributed by atoms with van der Waals surface area (Å²) >= 11 is 0. The van der Waals surface area contributed by atoms with E-state index in [2.05, 4.69) is 0 Å². The first-order chi connectivity index (χ1) is 12.0. The van der Waals surface area contributed by atoms with Crippen LogP contribution in [0.15, 0.2) is 42.5 Å². The van der Waals surface area contributed by atoms with Gasteiger partial charge in [0, 0.05) is 18.2 Å². The third-order valence-electron chi connectivity index (χ3n) is 4.04. The van der Waals surface area contributed by atoms with Crippen LogP contribution in [0.1, 0.15) is 15.9 Å². The molecule has 1 unspecified atom stereocenters. The lowest BCUT2D eigenvalue weighted by atomic mass is 10.1. The molecule has 6 heteroatoms. The van der Waals surface area contributed by atoms with Gasteiger partial charge in [0.25, 0.3) is 5.91 Å². The average molecular weight is 347 g/mol. The summed E-state index contributed by atoms with van der Waals surface area (Å²) in [5.74, 6) is -1.52. The van der Waals surface area contributed by atoms with E-state index < -0.39 is 11.6 Å². The van der Waals surface area contributed by atoms with Crippen molar-refractivity contribution in [2.24, 2.45) is 0 Å². The number of nitrogens with zero attached hydrogens (tertiary/aromatic N) is 1. The first-order valence-electron chi connectivity index (χ1n) is 8.08. The quantitative estimate of drug-likeness (QED) is 0.853. The van der Waals surface area contributed by atoms with Crippen molar-refractivity contribution >= 4 is 5.91 Å². The number of carbonyl (C=O) groups is 1. The molecule has 2 aromatic rings.